The Morgan fingerprint density at radius 1 is 1.40 bits per heavy atom. The fourth-order valence-electron chi connectivity index (χ4n) is 2.05. The first-order valence-corrected chi connectivity index (χ1v) is 5.18. The van der Waals surface area contributed by atoms with Crippen molar-refractivity contribution in [2.24, 2.45) is 0 Å². The molecule has 0 radical (unpaired) electrons. The standard InChI is InChI=1S/C13H13NO/c14-9-10-4-5-13-11(6-7-15)2-1-3-12(13)8-10/h2,4-5,8,15H,1,3,6-7H2. The van der Waals surface area contributed by atoms with Crippen LogP contribution in [0.2, 0.25) is 0 Å². The van der Waals surface area contributed by atoms with Crippen LogP contribution in [-0.4, -0.2) is 11.7 Å². The molecular weight excluding hydrogens is 186 g/mol. The van der Waals surface area contributed by atoms with E-state index in [1.807, 2.05) is 18.2 Å². The van der Waals surface area contributed by atoms with E-state index in [1.165, 1.54) is 16.7 Å². The van der Waals surface area contributed by atoms with E-state index in [0.29, 0.717) is 6.42 Å². The highest BCUT2D eigenvalue weighted by Gasteiger charge is 2.12. The van der Waals surface area contributed by atoms with Crippen molar-refractivity contribution in [3.63, 3.8) is 0 Å². The molecule has 0 aliphatic heterocycles. The van der Waals surface area contributed by atoms with Gasteiger partial charge in [0, 0.05) is 6.61 Å². The largest absolute Gasteiger partial charge is 0.396 e. The van der Waals surface area contributed by atoms with Crippen LogP contribution in [0.25, 0.3) is 5.57 Å². The van der Waals surface area contributed by atoms with E-state index in [0.717, 1.165) is 18.4 Å². The fourth-order valence-corrected chi connectivity index (χ4v) is 2.05. The van der Waals surface area contributed by atoms with Crippen molar-refractivity contribution in [1.29, 1.82) is 5.26 Å². The van der Waals surface area contributed by atoms with Crippen molar-refractivity contribution >= 4 is 5.57 Å². The quantitative estimate of drug-likeness (QED) is 0.794. The van der Waals surface area contributed by atoms with Gasteiger partial charge >= 0.3 is 0 Å². The number of fused-ring (bicyclic) bond motifs is 1. The summed E-state index contributed by atoms with van der Waals surface area (Å²) in [6, 6.07) is 7.95. The second-order valence-corrected chi connectivity index (χ2v) is 3.73. The van der Waals surface area contributed by atoms with Crippen LogP contribution < -0.4 is 0 Å². The van der Waals surface area contributed by atoms with Crippen LogP contribution in [-0.2, 0) is 6.42 Å². The lowest BCUT2D eigenvalue weighted by molar-refractivity contribution is 0.305. The summed E-state index contributed by atoms with van der Waals surface area (Å²) in [4.78, 5) is 0. The van der Waals surface area contributed by atoms with Crippen LogP contribution in [0.4, 0.5) is 0 Å². The lowest BCUT2D eigenvalue weighted by Crippen LogP contribution is -2.01. The Morgan fingerprint density at radius 2 is 2.27 bits per heavy atom. The van der Waals surface area contributed by atoms with Gasteiger partial charge in [0.15, 0.2) is 0 Å². The predicted molar refractivity (Wildman–Crippen MR) is 59.2 cm³/mol. The fraction of sp³-hybridized carbons (Fsp3) is 0.308. The van der Waals surface area contributed by atoms with Crippen molar-refractivity contribution in [2.45, 2.75) is 19.3 Å². The number of rotatable bonds is 2. The third-order valence-electron chi connectivity index (χ3n) is 2.77. The molecule has 2 heteroatoms. The molecule has 0 spiro atoms. The highest BCUT2D eigenvalue weighted by Crippen LogP contribution is 2.29. The molecule has 0 saturated carbocycles. The number of benzene rings is 1. The molecule has 1 aromatic rings. The van der Waals surface area contributed by atoms with Gasteiger partial charge in [-0.05, 0) is 48.1 Å². The average Bonchev–Trinajstić information content (AvgIpc) is 2.29. The first-order chi connectivity index (χ1) is 7.35. The van der Waals surface area contributed by atoms with Crippen molar-refractivity contribution in [3.05, 3.63) is 41.0 Å². The first-order valence-electron chi connectivity index (χ1n) is 5.18. The van der Waals surface area contributed by atoms with E-state index < -0.39 is 0 Å². The van der Waals surface area contributed by atoms with Crippen LogP contribution in [0.5, 0.6) is 0 Å². The molecule has 1 aliphatic rings. The molecule has 0 bridgehead atoms. The zero-order valence-corrected chi connectivity index (χ0v) is 8.53. The molecule has 0 aromatic heterocycles. The maximum Gasteiger partial charge on any atom is 0.0991 e. The second kappa shape index (κ2) is 4.29. The average molecular weight is 199 g/mol. The summed E-state index contributed by atoms with van der Waals surface area (Å²) in [6.07, 6.45) is 4.90. The van der Waals surface area contributed by atoms with E-state index >= 15 is 0 Å². The number of hydrogen-bond donors (Lipinski definition) is 1. The third-order valence-corrected chi connectivity index (χ3v) is 2.77. The van der Waals surface area contributed by atoms with Crippen LogP contribution in [0, 0.1) is 11.3 Å². The summed E-state index contributed by atoms with van der Waals surface area (Å²) in [5, 5.41) is 17.8. The number of hydrogen-bond acceptors (Lipinski definition) is 2. The van der Waals surface area contributed by atoms with Crippen molar-refractivity contribution in [1.82, 2.24) is 0 Å². The van der Waals surface area contributed by atoms with Gasteiger partial charge in [-0.3, -0.25) is 0 Å². The van der Waals surface area contributed by atoms with Crippen LogP contribution in [0.15, 0.2) is 24.3 Å². The van der Waals surface area contributed by atoms with Gasteiger partial charge in [-0.2, -0.15) is 5.26 Å². The van der Waals surface area contributed by atoms with E-state index in [1.54, 1.807) is 0 Å². The minimum absolute atomic E-state index is 0.186. The van der Waals surface area contributed by atoms with Gasteiger partial charge in [0.05, 0.1) is 11.6 Å². The Hall–Kier alpha value is -1.59. The molecule has 1 aromatic carbocycles. The summed E-state index contributed by atoms with van der Waals surface area (Å²) in [6.45, 7) is 0.186. The maximum atomic E-state index is 8.95. The molecule has 0 heterocycles. The minimum atomic E-state index is 0.186. The molecule has 0 saturated heterocycles. The molecule has 0 amide bonds. The second-order valence-electron chi connectivity index (χ2n) is 3.73. The van der Waals surface area contributed by atoms with Gasteiger partial charge < -0.3 is 5.11 Å². The predicted octanol–water partition coefficient (Wildman–Crippen LogP) is 2.27. The lowest BCUT2D eigenvalue weighted by atomic mass is 9.88. The number of aryl methyl sites for hydroxylation is 1. The minimum Gasteiger partial charge on any atom is -0.396 e. The van der Waals surface area contributed by atoms with Crippen molar-refractivity contribution in [2.75, 3.05) is 6.61 Å². The molecule has 15 heavy (non-hydrogen) atoms. The van der Waals surface area contributed by atoms with E-state index in [-0.39, 0.29) is 6.61 Å². The zero-order chi connectivity index (χ0) is 10.7. The topological polar surface area (TPSA) is 44.0 Å². The Morgan fingerprint density at radius 3 is 3.00 bits per heavy atom. The van der Waals surface area contributed by atoms with Crippen LogP contribution >= 0.6 is 0 Å². The Bertz CT molecular complexity index is 440. The molecular formula is C13H13NO. The van der Waals surface area contributed by atoms with E-state index in [2.05, 4.69) is 12.1 Å². The van der Waals surface area contributed by atoms with Crippen LogP contribution in [0.1, 0.15) is 29.5 Å². The van der Waals surface area contributed by atoms with Crippen molar-refractivity contribution in [3.8, 4) is 6.07 Å². The molecule has 2 nitrogen and oxygen atoms in total. The summed E-state index contributed by atoms with van der Waals surface area (Å²) < 4.78 is 0. The lowest BCUT2D eigenvalue weighted by Gasteiger charge is -2.17. The van der Waals surface area contributed by atoms with Gasteiger partial charge in [0.2, 0.25) is 0 Å². The molecule has 1 N–H and O–H groups in total. The Balaban J connectivity index is 2.40. The number of nitriles is 1. The number of allylic oxidation sites excluding steroid dienone is 1. The molecule has 1 aliphatic carbocycles. The Kier molecular flexibility index (Phi) is 2.84. The molecule has 2 rings (SSSR count). The molecule has 76 valence electrons. The number of aliphatic hydroxyl groups is 1. The normalized spacial score (nSPS) is 14.0. The van der Waals surface area contributed by atoms with E-state index in [4.69, 9.17) is 10.4 Å². The zero-order valence-electron chi connectivity index (χ0n) is 8.53. The third kappa shape index (κ3) is 1.93. The monoisotopic (exact) mass is 199 g/mol. The smallest absolute Gasteiger partial charge is 0.0991 e. The summed E-state index contributed by atoms with van der Waals surface area (Å²) in [5.41, 5.74) is 4.37. The number of aliphatic hydroxyl groups excluding tert-OH is 1. The van der Waals surface area contributed by atoms with Crippen LogP contribution in [0.3, 0.4) is 0 Å². The summed E-state index contributed by atoms with van der Waals surface area (Å²) >= 11 is 0. The van der Waals surface area contributed by atoms with Gasteiger partial charge in [0.25, 0.3) is 0 Å². The van der Waals surface area contributed by atoms with E-state index in [9.17, 15) is 0 Å². The molecule has 0 unspecified atom stereocenters. The van der Waals surface area contributed by atoms with Gasteiger partial charge in [-0.25, -0.2) is 0 Å². The summed E-state index contributed by atoms with van der Waals surface area (Å²) in [7, 11) is 0. The Labute approximate surface area is 89.5 Å². The maximum absolute atomic E-state index is 8.95. The molecule has 0 fully saturated rings. The number of nitrogens with zero attached hydrogens (tertiary/aromatic N) is 1. The SMILES string of the molecule is N#Cc1ccc2c(c1)CCC=C2CCO. The summed E-state index contributed by atoms with van der Waals surface area (Å²) in [5.74, 6) is 0. The first kappa shape index (κ1) is 9.95. The molecule has 0 atom stereocenters. The van der Waals surface area contributed by atoms with Crippen molar-refractivity contribution < 1.29 is 5.11 Å². The highest BCUT2D eigenvalue weighted by atomic mass is 16.2. The highest BCUT2D eigenvalue weighted by molar-refractivity contribution is 5.70. The van der Waals surface area contributed by atoms with Gasteiger partial charge in [-0.15, -0.1) is 0 Å². The van der Waals surface area contributed by atoms with Gasteiger partial charge in [-0.1, -0.05) is 12.1 Å². The van der Waals surface area contributed by atoms with Gasteiger partial charge in [0.1, 0.15) is 0 Å².